The van der Waals surface area contributed by atoms with Gasteiger partial charge in [-0.05, 0) is 79.1 Å². The number of amides is 1. The van der Waals surface area contributed by atoms with Crippen molar-refractivity contribution in [2.24, 2.45) is 5.92 Å². The molecule has 1 aliphatic heterocycles. The van der Waals surface area contributed by atoms with Crippen molar-refractivity contribution < 1.29 is 13.9 Å². The third kappa shape index (κ3) is 5.74. The molecule has 2 aliphatic rings. The van der Waals surface area contributed by atoms with Crippen LogP contribution in [0.15, 0.2) is 48.8 Å². The molecule has 1 fully saturated rings. The maximum absolute atomic E-state index is 13.2. The number of benzene rings is 2. The van der Waals surface area contributed by atoms with Crippen molar-refractivity contribution in [2.45, 2.75) is 39.2 Å². The number of carbonyl (C=O) groups is 1. The van der Waals surface area contributed by atoms with E-state index in [1.165, 1.54) is 22.6 Å². The summed E-state index contributed by atoms with van der Waals surface area (Å²) in [6, 6.07) is 12.3. The average Bonchev–Trinajstić information content (AvgIpc) is 3.33. The topological polar surface area (TPSA) is 79.4 Å². The van der Waals surface area contributed by atoms with E-state index in [-0.39, 0.29) is 11.7 Å². The van der Waals surface area contributed by atoms with Crippen LogP contribution < -0.4 is 15.4 Å². The van der Waals surface area contributed by atoms with Gasteiger partial charge in [-0.25, -0.2) is 14.4 Å². The molecule has 39 heavy (non-hydrogen) atoms. The van der Waals surface area contributed by atoms with Gasteiger partial charge in [0.25, 0.3) is 0 Å². The van der Waals surface area contributed by atoms with E-state index in [2.05, 4.69) is 20.6 Å². The number of anilines is 2. The molecule has 202 valence electrons. The Labute approximate surface area is 231 Å². The van der Waals surface area contributed by atoms with E-state index in [0.29, 0.717) is 18.9 Å². The van der Waals surface area contributed by atoms with Crippen LogP contribution in [0.5, 0.6) is 5.75 Å². The molecule has 2 aromatic heterocycles. The Kier molecular flexibility index (Phi) is 7.43. The monoisotopic (exact) mass is 545 g/mol. The van der Waals surface area contributed by atoms with Gasteiger partial charge in [-0.2, -0.15) is 0 Å². The molecule has 4 aromatic rings. The maximum atomic E-state index is 13.2. The first kappa shape index (κ1) is 25.7. The van der Waals surface area contributed by atoms with E-state index >= 15 is 0 Å². The fraction of sp³-hybridized carbons (Fsp3) is 0.367. The molecule has 1 saturated heterocycles. The number of nitrogens with one attached hydrogen (secondary N) is 2. The molecular weight excluding hydrogens is 513 g/mol. The van der Waals surface area contributed by atoms with Gasteiger partial charge in [0.05, 0.1) is 5.39 Å². The molecule has 6 rings (SSSR count). The predicted molar refractivity (Wildman–Crippen MR) is 152 cm³/mol. The van der Waals surface area contributed by atoms with Gasteiger partial charge < -0.3 is 20.3 Å². The summed E-state index contributed by atoms with van der Waals surface area (Å²) in [6.07, 6.45) is 5.10. The standard InChI is InChI=1S/C30H32FN5O2S/c1-19-14-23(7-9-25(19)38-17-20-2-5-22(31)6-3-20)35-29-28-24-8-4-21(15-26(24)39-30(28)34-18-33-29)16-27(37)36-12-10-32-11-13-36/h2-3,5-7,9,14,18,21,32H,4,8,10-13,15-17H2,1H3,(H,33,34,35). The van der Waals surface area contributed by atoms with Crippen molar-refractivity contribution in [1.82, 2.24) is 20.2 Å². The quantitative estimate of drug-likeness (QED) is 0.324. The molecule has 1 atom stereocenters. The molecule has 7 nitrogen and oxygen atoms in total. The number of rotatable bonds is 7. The number of piperazine rings is 1. The van der Waals surface area contributed by atoms with E-state index in [4.69, 9.17) is 4.74 Å². The smallest absolute Gasteiger partial charge is 0.222 e. The number of aryl methyl sites for hydroxylation is 2. The fourth-order valence-corrected chi connectivity index (χ4v) is 6.81. The zero-order chi connectivity index (χ0) is 26.8. The van der Waals surface area contributed by atoms with E-state index < -0.39 is 0 Å². The summed E-state index contributed by atoms with van der Waals surface area (Å²) in [6.45, 7) is 5.78. The molecule has 0 radical (unpaired) electrons. The number of thiophene rings is 1. The van der Waals surface area contributed by atoms with Crippen LogP contribution in [0.4, 0.5) is 15.9 Å². The van der Waals surface area contributed by atoms with Crippen LogP contribution >= 0.6 is 11.3 Å². The lowest BCUT2D eigenvalue weighted by Gasteiger charge is -2.30. The van der Waals surface area contributed by atoms with Gasteiger partial charge in [-0.1, -0.05) is 12.1 Å². The molecule has 9 heteroatoms. The number of hydrogen-bond acceptors (Lipinski definition) is 7. The third-order valence-corrected chi connectivity index (χ3v) is 8.79. The lowest BCUT2D eigenvalue weighted by atomic mass is 9.85. The first-order valence-electron chi connectivity index (χ1n) is 13.5. The predicted octanol–water partition coefficient (Wildman–Crippen LogP) is 5.39. The number of fused-ring (bicyclic) bond motifs is 3. The van der Waals surface area contributed by atoms with Gasteiger partial charge in [-0.15, -0.1) is 11.3 Å². The van der Waals surface area contributed by atoms with Gasteiger partial charge in [0.1, 0.15) is 35.1 Å². The summed E-state index contributed by atoms with van der Waals surface area (Å²) in [5.41, 5.74) is 4.16. The summed E-state index contributed by atoms with van der Waals surface area (Å²) in [5, 5.41) is 7.92. The minimum Gasteiger partial charge on any atom is -0.489 e. The normalized spacial score (nSPS) is 17.2. The second-order valence-electron chi connectivity index (χ2n) is 10.4. The Balaban J connectivity index is 1.15. The molecule has 1 unspecified atom stereocenters. The Hall–Kier alpha value is -3.56. The van der Waals surface area contributed by atoms with Crippen LogP contribution in [0.2, 0.25) is 0 Å². The van der Waals surface area contributed by atoms with Crippen molar-refractivity contribution >= 4 is 39.0 Å². The highest BCUT2D eigenvalue weighted by atomic mass is 32.1. The second kappa shape index (κ2) is 11.3. The molecule has 0 bridgehead atoms. The van der Waals surface area contributed by atoms with Crippen LogP contribution in [0.25, 0.3) is 10.2 Å². The van der Waals surface area contributed by atoms with E-state index in [1.807, 2.05) is 30.0 Å². The lowest BCUT2D eigenvalue weighted by Crippen LogP contribution is -2.46. The van der Waals surface area contributed by atoms with Crippen LogP contribution in [-0.4, -0.2) is 47.0 Å². The van der Waals surface area contributed by atoms with Crippen molar-refractivity contribution in [2.75, 3.05) is 31.5 Å². The third-order valence-electron chi connectivity index (χ3n) is 7.63. The first-order valence-corrected chi connectivity index (χ1v) is 14.3. The molecule has 3 heterocycles. The van der Waals surface area contributed by atoms with Gasteiger partial charge in [0, 0.05) is 43.2 Å². The van der Waals surface area contributed by atoms with E-state index in [9.17, 15) is 9.18 Å². The van der Waals surface area contributed by atoms with Crippen LogP contribution in [0.3, 0.4) is 0 Å². The Morgan fingerprint density at radius 1 is 1.18 bits per heavy atom. The molecule has 0 spiro atoms. The minimum atomic E-state index is -0.253. The number of hydrogen-bond donors (Lipinski definition) is 2. The van der Waals surface area contributed by atoms with Crippen LogP contribution in [-0.2, 0) is 24.2 Å². The molecule has 1 amide bonds. The molecular formula is C30H32FN5O2S. The maximum Gasteiger partial charge on any atom is 0.222 e. The minimum absolute atomic E-state index is 0.253. The van der Waals surface area contributed by atoms with Crippen molar-refractivity contribution in [3.05, 3.63) is 76.2 Å². The SMILES string of the molecule is Cc1cc(Nc2ncnc3sc4c(c23)CCC(CC(=O)N2CCNCC2)C4)ccc1OCc1ccc(F)cc1. The number of carbonyl (C=O) groups excluding carboxylic acids is 1. The molecule has 1 aliphatic carbocycles. The van der Waals surface area contributed by atoms with Crippen molar-refractivity contribution in [1.29, 1.82) is 0 Å². The number of ether oxygens (including phenoxy) is 1. The second-order valence-corrected chi connectivity index (χ2v) is 11.5. The zero-order valence-electron chi connectivity index (χ0n) is 22.0. The van der Waals surface area contributed by atoms with Crippen molar-refractivity contribution in [3.8, 4) is 5.75 Å². The Morgan fingerprint density at radius 3 is 2.79 bits per heavy atom. The number of halogens is 1. The summed E-state index contributed by atoms with van der Waals surface area (Å²) in [7, 11) is 0. The van der Waals surface area contributed by atoms with Gasteiger partial charge in [0.15, 0.2) is 0 Å². The van der Waals surface area contributed by atoms with Gasteiger partial charge >= 0.3 is 0 Å². The van der Waals surface area contributed by atoms with Crippen molar-refractivity contribution in [3.63, 3.8) is 0 Å². The molecule has 2 aromatic carbocycles. The van der Waals surface area contributed by atoms with E-state index in [1.54, 1.807) is 29.8 Å². The van der Waals surface area contributed by atoms with Crippen LogP contribution in [0, 0.1) is 18.7 Å². The summed E-state index contributed by atoms with van der Waals surface area (Å²) in [5.74, 6) is 2.01. The summed E-state index contributed by atoms with van der Waals surface area (Å²) >= 11 is 1.73. The van der Waals surface area contributed by atoms with E-state index in [0.717, 1.165) is 84.0 Å². The summed E-state index contributed by atoms with van der Waals surface area (Å²) < 4.78 is 19.1. The average molecular weight is 546 g/mol. The molecule has 2 N–H and O–H groups in total. The first-order chi connectivity index (χ1) is 19.0. The Morgan fingerprint density at radius 2 is 2.00 bits per heavy atom. The zero-order valence-corrected chi connectivity index (χ0v) is 22.8. The fourth-order valence-electron chi connectivity index (χ4n) is 5.51. The Bertz CT molecular complexity index is 1480. The molecule has 0 saturated carbocycles. The number of aromatic nitrogens is 2. The van der Waals surface area contributed by atoms with Gasteiger partial charge in [-0.3, -0.25) is 4.79 Å². The largest absolute Gasteiger partial charge is 0.489 e. The summed E-state index contributed by atoms with van der Waals surface area (Å²) in [4.78, 5) is 26.3. The van der Waals surface area contributed by atoms with Crippen LogP contribution in [0.1, 0.15) is 34.4 Å². The lowest BCUT2D eigenvalue weighted by molar-refractivity contribution is -0.132. The highest BCUT2D eigenvalue weighted by Gasteiger charge is 2.28. The highest BCUT2D eigenvalue weighted by molar-refractivity contribution is 7.19. The number of nitrogens with zero attached hydrogens (tertiary/aromatic N) is 3. The van der Waals surface area contributed by atoms with Gasteiger partial charge in [0.2, 0.25) is 5.91 Å². The highest BCUT2D eigenvalue weighted by Crippen LogP contribution is 2.41.